The topological polar surface area (TPSA) is 32.9 Å². The molecule has 0 aliphatic rings. The van der Waals surface area contributed by atoms with E-state index in [9.17, 15) is 9.18 Å². The van der Waals surface area contributed by atoms with Crippen LogP contribution in [0.1, 0.15) is 0 Å². The minimum atomic E-state index is -0.290. The lowest BCUT2D eigenvalue weighted by Gasteiger charge is -2.07. The molecule has 1 aromatic heterocycles. The molecular formula is C15H9FINO. The molecule has 0 radical (unpaired) electrons. The molecule has 0 amide bonds. The number of pyridine rings is 1. The van der Waals surface area contributed by atoms with Crippen molar-refractivity contribution in [2.24, 2.45) is 0 Å². The molecule has 2 nitrogen and oxygen atoms in total. The quantitative estimate of drug-likeness (QED) is 0.651. The van der Waals surface area contributed by atoms with Crippen LogP contribution in [0, 0.1) is 9.39 Å². The minimum absolute atomic E-state index is 0.00530. The summed E-state index contributed by atoms with van der Waals surface area (Å²) in [5.74, 6) is -0.290. The number of rotatable bonds is 1. The minimum Gasteiger partial charge on any atom is -0.353 e. The average Bonchev–Trinajstić information content (AvgIpc) is 2.44. The standard InChI is InChI=1S/C15H9FINO/c16-10-7-5-9(6-8-10)14-13(17)15(19)11-3-1-2-4-12(11)18-14/h1-8H,(H,18,19). The van der Waals surface area contributed by atoms with Gasteiger partial charge in [0.1, 0.15) is 5.82 Å². The fourth-order valence-electron chi connectivity index (χ4n) is 2.03. The van der Waals surface area contributed by atoms with Crippen LogP contribution in [0.2, 0.25) is 0 Å². The third-order valence-corrected chi connectivity index (χ3v) is 4.01. The Balaban J connectivity index is 2.33. The summed E-state index contributed by atoms with van der Waals surface area (Å²) in [5, 5.41) is 0.665. The van der Waals surface area contributed by atoms with Gasteiger partial charge in [-0.1, -0.05) is 12.1 Å². The zero-order valence-corrected chi connectivity index (χ0v) is 11.9. The molecule has 0 aliphatic heterocycles. The maximum absolute atomic E-state index is 13.0. The molecule has 3 aromatic rings. The SMILES string of the molecule is O=c1c(I)c(-c2ccc(F)cc2)[nH]c2ccccc12. The molecule has 4 heteroatoms. The number of para-hydroxylation sites is 1. The van der Waals surface area contributed by atoms with E-state index in [0.29, 0.717) is 8.96 Å². The highest BCUT2D eigenvalue weighted by atomic mass is 127. The van der Waals surface area contributed by atoms with E-state index >= 15 is 0 Å². The summed E-state index contributed by atoms with van der Waals surface area (Å²) in [6.45, 7) is 0. The largest absolute Gasteiger partial charge is 0.353 e. The molecule has 0 saturated carbocycles. The zero-order chi connectivity index (χ0) is 13.4. The van der Waals surface area contributed by atoms with Crippen molar-refractivity contribution in [1.29, 1.82) is 0 Å². The van der Waals surface area contributed by atoms with Gasteiger partial charge in [-0.3, -0.25) is 4.79 Å². The van der Waals surface area contributed by atoms with E-state index in [2.05, 4.69) is 4.98 Å². The number of aromatic amines is 1. The smallest absolute Gasteiger partial charge is 0.203 e. The highest BCUT2D eigenvalue weighted by Crippen LogP contribution is 2.23. The van der Waals surface area contributed by atoms with Crippen molar-refractivity contribution in [2.75, 3.05) is 0 Å². The Kier molecular flexibility index (Phi) is 3.10. The van der Waals surface area contributed by atoms with E-state index in [-0.39, 0.29) is 11.2 Å². The Morgan fingerprint density at radius 2 is 1.68 bits per heavy atom. The molecule has 0 unspecified atom stereocenters. The van der Waals surface area contributed by atoms with Gasteiger partial charge in [0.2, 0.25) is 5.43 Å². The summed E-state index contributed by atoms with van der Waals surface area (Å²) in [7, 11) is 0. The molecule has 1 N–H and O–H groups in total. The van der Waals surface area contributed by atoms with Crippen molar-refractivity contribution in [3.8, 4) is 11.3 Å². The number of hydrogen-bond donors (Lipinski definition) is 1. The number of fused-ring (bicyclic) bond motifs is 1. The van der Waals surface area contributed by atoms with Gasteiger partial charge in [-0.2, -0.15) is 0 Å². The molecule has 94 valence electrons. The van der Waals surface area contributed by atoms with Gasteiger partial charge in [0.15, 0.2) is 0 Å². The fraction of sp³-hybridized carbons (Fsp3) is 0. The number of aromatic nitrogens is 1. The fourth-order valence-corrected chi connectivity index (χ4v) is 2.76. The van der Waals surface area contributed by atoms with Crippen LogP contribution in [0.4, 0.5) is 4.39 Å². The van der Waals surface area contributed by atoms with Gasteiger partial charge in [0.05, 0.1) is 9.26 Å². The Bertz CT molecular complexity index is 808. The predicted molar refractivity (Wildman–Crippen MR) is 82.7 cm³/mol. The number of halogens is 2. The molecular weight excluding hydrogens is 356 g/mol. The summed E-state index contributed by atoms with van der Waals surface area (Å²) in [6.07, 6.45) is 0. The van der Waals surface area contributed by atoms with Gasteiger partial charge in [0, 0.05) is 10.9 Å². The van der Waals surface area contributed by atoms with Gasteiger partial charge in [-0.25, -0.2) is 4.39 Å². The summed E-state index contributed by atoms with van der Waals surface area (Å²) >= 11 is 2.03. The van der Waals surface area contributed by atoms with Crippen LogP contribution in [-0.4, -0.2) is 4.98 Å². The van der Waals surface area contributed by atoms with Gasteiger partial charge >= 0.3 is 0 Å². The van der Waals surface area contributed by atoms with Crippen LogP contribution in [-0.2, 0) is 0 Å². The molecule has 0 fully saturated rings. The average molecular weight is 365 g/mol. The second-order valence-electron chi connectivity index (χ2n) is 4.20. The van der Waals surface area contributed by atoms with Crippen LogP contribution in [0.3, 0.4) is 0 Å². The highest BCUT2D eigenvalue weighted by Gasteiger charge is 2.10. The van der Waals surface area contributed by atoms with E-state index in [1.807, 2.05) is 40.8 Å². The van der Waals surface area contributed by atoms with E-state index in [0.717, 1.165) is 16.8 Å². The van der Waals surface area contributed by atoms with Crippen LogP contribution in [0.15, 0.2) is 53.3 Å². The number of hydrogen-bond acceptors (Lipinski definition) is 1. The van der Waals surface area contributed by atoms with Crippen molar-refractivity contribution in [3.05, 3.63) is 68.1 Å². The lowest BCUT2D eigenvalue weighted by molar-refractivity contribution is 0.628. The van der Waals surface area contributed by atoms with Crippen LogP contribution in [0.25, 0.3) is 22.2 Å². The van der Waals surface area contributed by atoms with Crippen LogP contribution < -0.4 is 5.43 Å². The van der Waals surface area contributed by atoms with E-state index in [1.54, 1.807) is 18.2 Å². The third-order valence-electron chi connectivity index (χ3n) is 2.98. The zero-order valence-electron chi connectivity index (χ0n) is 9.78. The normalized spacial score (nSPS) is 10.8. The van der Waals surface area contributed by atoms with Gasteiger partial charge in [-0.15, -0.1) is 0 Å². The van der Waals surface area contributed by atoms with Crippen molar-refractivity contribution in [2.45, 2.75) is 0 Å². The van der Waals surface area contributed by atoms with Gasteiger partial charge in [0.25, 0.3) is 0 Å². The summed E-state index contributed by atoms with van der Waals surface area (Å²) in [4.78, 5) is 15.5. The molecule has 19 heavy (non-hydrogen) atoms. The van der Waals surface area contributed by atoms with Crippen molar-refractivity contribution in [3.63, 3.8) is 0 Å². The van der Waals surface area contributed by atoms with Crippen LogP contribution >= 0.6 is 22.6 Å². The highest BCUT2D eigenvalue weighted by molar-refractivity contribution is 14.1. The first-order chi connectivity index (χ1) is 9.16. The molecule has 3 rings (SSSR count). The Morgan fingerprint density at radius 1 is 1.00 bits per heavy atom. The lowest BCUT2D eigenvalue weighted by Crippen LogP contribution is -2.09. The Labute approximate surface area is 122 Å². The van der Waals surface area contributed by atoms with Crippen molar-refractivity contribution < 1.29 is 4.39 Å². The predicted octanol–water partition coefficient (Wildman–Crippen LogP) is 3.94. The molecule has 0 aliphatic carbocycles. The number of benzene rings is 2. The molecule has 1 heterocycles. The first kappa shape index (κ1) is 12.3. The Morgan fingerprint density at radius 3 is 2.42 bits per heavy atom. The monoisotopic (exact) mass is 365 g/mol. The number of nitrogens with one attached hydrogen (secondary N) is 1. The van der Waals surface area contributed by atoms with E-state index < -0.39 is 0 Å². The first-order valence-corrected chi connectivity index (χ1v) is 6.81. The second-order valence-corrected chi connectivity index (χ2v) is 5.27. The number of H-pyrrole nitrogens is 1. The van der Waals surface area contributed by atoms with Gasteiger partial charge in [-0.05, 0) is 64.6 Å². The molecule has 0 saturated heterocycles. The van der Waals surface area contributed by atoms with Crippen molar-refractivity contribution >= 4 is 33.5 Å². The first-order valence-electron chi connectivity index (χ1n) is 5.73. The summed E-state index contributed by atoms with van der Waals surface area (Å²) in [5.41, 5.74) is 2.31. The lowest BCUT2D eigenvalue weighted by atomic mass is 10.1. The van der Waals surface area contributed by atoms with Gasteiger partial charge < -0.3 is 4.98 Å². The summed E-state index contributed by atoms with van der Waals surface area (Å²) < 4.78 is 13.6. The van der Waals surface area contributed by atoms with E-state index in [1.165, 1.54) is 12.1 Å². The van der Waals surface area contributed by atoms with Crippen LogP contribution in [0.5, 0.6) is 0 Å². The molecule has 0 bridgehead atoms. The molecule has 2 aromatic carbocycles. The molecule has 0 atom stereocenters. The summed E-state index contributed by atoms with van der Waals surface area (Å²) in [6, 6.07) is 13.5. The third kappa shape index (κ3) is 2.16. The molecule has 0 spiro atoms. The second kappa shape index (κ2) is 4.77. The van der Waals surface area contributed by atoms with Crippen molar-refractivity contribution in [1.82, 2.24) is 4.98 Å². The maximum atomic E-state index is 13.0. The maximum Gasteiger partial charge on any atom is 0.203 e. The van der Waals surface area contributed by atoms with E-state index in [4.69, 9.17) is 0 Å². The Hall–Kier alpha value is -1.69.